The van der Waals surface area contributed by atoms with Gasteiger partial charge in [-0.3, -0.25) is 4.79 Å². The lowest BCUT2D eigenvalue weighted by Gasteiger charge is -2.64. The van der Waals surface area contributed by atoms with Crippen LogP contribution >= 0.6 is 0 Å². The van der Waals surface area contributed by atoms with Crippen molar-refractivity contribution in [2.24, 2.45) is 46.3 Å². The van der Waals surface area contributed by atoms with Crippen molar-refractivity contribution >= 4 is 5.78 Å². The van der Waals surface area contributed by atoms with Crippen molar-refractivity contribution in [3.8, 4) is 0 Å². The summed E-state index contributed by atoms with van der Waals surface area (Å²) in [4.78, 5) is 11.8. The number of carbonyl (C=O) groups excluding carboxylic acids is 1. The largest absolute Gasteiger partial charge is 0.489 e. The molecule has 4 heteroatoms. The molecule has 0 radical (unpaired) electrons. The van der Waals surface area contributed by atoms with E-state index in [2.05, 4.69) is 20.8 Å². The Morgan fingerprint density at radius 2 is 1.76 bits per heavy atom. The van der Waals surface area contributed by atoms with Gasteiger partial charge in [-0.15, -0.1) is 0 Å². The molecule has 0 spiro atoms. The molecule has 5 aliphatic rings. The number of allylic oxidation sites excluding steroid dienone is 1. The molecule has 162 valence electrons. The van der Waals surface area contributed by atoms with Crippen LogP contribution < -0.4 is 0 Å². The lowest BCUT2D eigenvalue weighted by Crippen LogP contribution is -2.62. The number of ketones is 1. The third kappa shape index (κ3) is 2.74. The minimum atomic E-state index is -0.267. The molecule has 0 amide bonds. The maximum Gasteiger partial charge on any atom is 0.196 e. The highest BCUT2D eigenvalue weighted by atomic mass is 16.5. The number of hydrogen-bond acceptors (Lipinski definition) is 4. The zero-order chi connectivity index (χ0) is 20.6. The predicted molar refractivity (Wildman–Crippen MR) is 111 cm³/mol. The molecule has 10 atom stereocenters. The maximum absolute atomic E-state index is 11.8. The van der Waals surface area contributed by atoms with Crippen LogP contribution in [-0.2, 0) is 9.53 Å². The van der Waals surface area contributed by atoms with Crippen molar-refractivity contribution in [1.82, 2.24) is 0 Å². The Morgan fingerprint density at radius 3 is 2.45 bits per heavy atom. The molecule has 1 heterocycles. The SMILES string of the molecule is CC[C@H]1[C@@H](O)C2C3CC[C@H](C4=CC(=O)CO4)[C@@]3(C)CCC2[C@@]2(C)CC[C@@H](O)C[C@@H]12. The smallest absolute Gasteiger partial charge is 0.196 e. The summed E-state index contributed by atoms with van der Waals surface area (Å²) in [6.07, 6.45) is 9.68. The predicted octanol–water partition coefficient (Wildman–Crippen LogP) is 4.10. The van der Waals surface area contributed by atoms with E-state index in [-0.39, 0.29) is 35.4 Å². The van der Waals surface area contributed by atoms with E-state index in [1.54, 1.807) is 6.08 Å². The van der Waals surface area contributed by atoms with E-state index in [1.165, 1.54) is 0 Å². The lowest BCUT2D eigenvalue weighted by molar-refractivity contribution is -0.201. The fraction of sp³-hybridized carbons (Fsp3) is 0.880. The van der Waals surface area contributed by atoms with Gasteiger partial charge in [-0.1, -0.05) is 27.2 Å². The first-order valence-electron chi connectivity index (χ1n) is 12.0. The number of rotatable bonds is 2. The Morgan fingerprint density at radius 1 is 1.03 bits per heavy atom. The van der Waals surface area contributed by atoms with E-state index in [0.717, 1.165) is 57.1 Å². The van der Waals surface area contributed by atoms with Crippen LogP contribution in [0.2, 0.25) is 0 Å². The molecule has 0 saturated heterocycles. The Kier molecular flexibility index (Phi) is 4.71. The number of carbonyl (C=O) groups is 1. The number of hydrogen-bond donors (Lipinski definition) is 2. The van der Waals surface area contributed by atoms with E-state index >= 15 is 0 Å². The van der Waals surface area contributed by atoms with Crippen LogP contribution in [0.25, 0.3) is 0 Å². The molecule has 1 aliphatic heterocycles. The van der Waals surface area contributed by atoms with Crippen LogP contribution in [-0.4, -0.2) is 34.8 Å². The van der Waals surface area contributed by atoms with Crippen molar-refractivity contribution < 1.29 is 19.7 Å². The average molecular weight is 403 g/mol. The van der Waals surface area contributed by atoms with Gasteiger partial charge in [0.15, 0.2) is 12.4 Å². The summed E-state index contributed by atoms with van der Waals surface area (Å²) in [6, 6.07) is 0. The molecule has 3 unspecified atom stereocenters. The van der Waals surface area contributed by atoms with Crippen LogP contribution in [0.4, 0.5) is 0 Å². The number of fused-ring (bicyclic) bond motifs is 5. The molecular weight excluding hydrogens is 364 g/mol. The van der Waals surface area contributed by atoms with E-state index in [4.69, 9.17) is 4.74 Å². The first-order chi connectivity index (χ1) is 13.8. The second-order valence-corrected chi connectivity index (χ2v) is 11.4. The summed E-state index contributed by atoms with van der Waals surface area (Å²) in [5, 5.41) is 22.1. The maximum atomic E-state index is 11.8. The summed E-state index contributed by atoms with van der Waals surface area (Å²) >= 11 is 0. The summed E-state index contributed by atoms with van der Waals surface area (Å²) < 4.78 is 5.81. The fourth-order valence-electron chi connectivity index (χ4n) is 9.02. The standard InChI is InChI=1S/C25H38O4/c1-4-16-20-11-14(26)7-9-25(20,3)19-8-10-24(2)17(21-12-15(27)13-29-21)5-6-18(24)22(19)23(16)28/h12,14,16-20,22-23,26,28H,4-11,13H2,1-3H3/t14-,16-,17-,18?,19?,20+,22?,23-,24-,25-/m1/s1. The molecule has 0 bridgehead atoms. The van der Waals surface area contributed by atoms with Crippen LogP contribution in [0.5, 0.6) is 0 Å². The van der Waals surface area contributed by atoms with Crippen molar-refractivity contribution in [1.29, 1.82) is 0 Å². The van der Waals surface area contributed by atoms with Gasteiger partial charge in [0.1, 0.15) is 5.76 Å². The molecule has 0 aromatic rings. The number of ether oxygens (including phenoxy) is 1. The Balaban J connectivity index is 1.50. The molecule has 4 saturated carbocycles. The minimum absolute atomic E-state index is 0.0978. The molecule has 2 N–H and O–H groups in total. The van der Waals surface area contributed by atoms with Gasteiger partial charge in [0.25, 0.3) is 0 Å². The summed E-state index contributed by atoms with van der Waals surface area (Å²) in [5.74, 6) is 3.47. The third-order valence-electron chi connectivity index (χ3n) is 10.4. The van der Waals surface area contributed by atoms with Gasteiger partial charge < -0.3 is 14.9 Å². The van der Waals surface area contributed by atoms with E-state index in [9.17, 15) is 15.0 Å². The number of aliphatic hydroxyl groups is 2. The third-order valence-corrected chi connectivity index (χ3v) is 10.4. The van der Waals surface area contributed by atoms with Crippen molar-refractivity contribution in [2.75, 3.05) is 6.61 Å². The Bertz CT molecular complexity index is 716. The molecule has 5 rings (SSSR count). The first kappa shape index (κ1) is 20.1. The van der Waals surface area contributed by atoms with Gasteiger partial charge in [-0.2, -0.15) is 0 Å². The van der Waals surface area contributed by atoms with Crippen LogP contribution in [0, 0.1) is 46.3 Å². The van der Waals surface area contributed by atoms with Crippen molar-refractivity contribution in [3.05, 3.63) is 11.8 Å². The lowest BCUT2D eigenvalue weighted by atomic mass is 9.41. The Labute approximate surface area is 175 Å². The summed E-state index contributed by atoms with van der Waals surface area (Å²) in [5.41, 5.74) is 0.358. The first-order valence-corrected chi connectivity index (χ1v) is 12.0. The van der Waals surface area contributed by atoms with Gasteiger partial charge in [0, 0.05) is 12.0 Å². The Hall–Kier alpha value is -0.870. The highest BCUT2D eigenvalue weighted by Gasteiger charge is 2.65. The van der Waals surface area contributed by atoms with Gasteiger partial charge in [0.05, 0.1) is 12.2 Å². The van der Waals surface area contributed by atoms with E-state index in [1.807, 2.05) is 0 Å². The second-order valence-electron chi connectivity index (χ2n) is 11.4. The average Bonchev–Trinajstić information content (AvgIpc) is 3.26. The molecule has 4 nitrogen and oxygen atoms in total. The van der Waals surface area contributed by atoms with Crippen molar-refractivity contribution in [2.45, 2.75) is 84.3 Å². The van der Waals surface area contributed by atoms with Crippen molar-refractivity contribution in [3.63, 3.8) is 0 Å². The van der Waals surface area contributed by atoms with Gasteiger partial charge >= 0.3 is 0 Å². The molecule has 0 aromatic carbocycles. The minimum Gasteiger partial charge on any atom is -0.489 e. The summed E-state index contributed by atoms with van der Waals surface area (Å²) in [6.45, 7) is 7.32. The van der Waals surface area contributed by atoms with E-state index in [0.29, 0.717) is 35.5 Å². The van der Waals surface area contributed by atoms with Gasteiger partial charge in [-0.25, -0.2) is 0 Å². The normalized spacial score (nSPS) is 54.2. The zero-order valence-corrected chi connectivity index (χ0v) is 18.3. The molecular formula is C25H38O4. The monoisotopic (exact) mass is 402 g/mol. The summed E-state index contributed by atoms with van der Waals surface area (Å²) in [7, 11) is 0. The van der Waals surface area contributed by atoms with Gasteiger partial charge in [0.2, 0.25) is 0 Å². The molecule has 4 fully saturated rings. The second kappa shape index (κ2) is 6.82. The quantitative estimate of drug-likeness (QED) is 0.730. The fourth-order valence-corrected chi connectivity index (χ4v) is 9.02. The van der Waals surface area contributed by atoms with Crippen LogP contribution in [0.1, 0.15) is 72.1 Å². The molecule has 0 aromatic heterocycles. The van der Waals surface area contributed by atoms with E-state index < -0.39 is 0 Å². The molecule has 4 aliphatic carbocycles. The highest BCUT2D eigenvalue weighted by molar-refractivity contribution is 5.93. The topological polar surface area (TPSA) is 66.8 Å². The van der Waals surface area contributed by atoms with Crippen LogP contribution in [0.15, 0.2) is 11.8 Å². The highest BCUT2D eigenvalue weighted by Crippen LogP contribution is 2.69. The van der Waals surface area contributed by atoms with Crippen LogP contribution in [0.3, 0.4) is 0 Å². The zero-order valence-electron chi connectivity index (χ0n) is 18.3. The molecule has 29 heavy (non-hydrogen) atoms. The number of aliphatic hydroxyl groups excluding tert-OH is 2. The van der Waals surface area contributed by atoms with Gasteiger partial charge in [-0.05, 0) is 85.4 Å².